The maximum atomic E-state index is 6.12. The topological polar surface area (TPSA) is 24.1 Å². The third kappa shape index (κ3) is 5.03. The Kier molecular flexibility index (Phi) is 6.33. The molecule has 0 heterocycles. The van der Waals surface area contributed by atoms with E-state index in [1.54, 1.807) is 12.1 Å². The molecule has 0 aromatic heterocycles. The third-order valence-corrected chi connectivity index (χ3v) is 4.43. The van der Waals surface area contributed by atoms with Crippen molar-refractivity contribution in [2.75, 3.05) is 0 Å². The fourth-order valence-corrected chi connectivity index (χ4v) is 2.65. The smallest absolute Gasteiger partial charge is 0.166 e. The summed E-state index contributed by atoms with van der Waals surface area (Å²) in [6.45, 7) is 3.12. The number of hydrogen-bond acceptors (Lipinski definition) is 1. The first-order valence-corrected chi connectivity index (χ1v) is 8.20. The van der Waals surface area contributed by atoms with Crippen LogP contribution in [-0.2, 0) is 13.1 Å². The van der Waals surface area contributed by atoms with Gasteiger partial charge in [-0.05, 0) is 54.0 Å². The number of hydrogen-bond donors (Lipinski definition) is 2. The number of aryl methyl sites for hydroxylation is 1. The van der Waals surface area contributed by atoms with Crippen LogP contribution in [0.3, 0.4) is 0 Å². The Bertz CT molecular complexity index is 689. The molecule has 0 atom stereocenters. The molecule has 0 aliphatic rings. The zero-order chi connectivity index (χ0) is 16.1. The predicted octanol–water partition coefficient (Wildman–Crippen LogP) is 5.12. The minimum Gasteiger partial charge on any atom is -0.359 e. The van der Waals surface area contributed by atoms with Gasteiger partial charge >= 0.3 is 0 Å². The van der Waals surface area contributed by atoms with Crippen LogP contribution in [0.1, 0.15) is 16.7 Å². The first kappa shape index (κ1) is 17.4. The molecule has 2 aromatic rings. The van der Waals surface area contributed by atoms with Crippen molar-refractivity contribution >= 4 is 52.1 Å². The summed E-state index contributed by atoms with van der Waals surface area (Å²) >= 11 is 23.3. The fraction of sp³-hybridized carbons (Fsp3) is 0.188. The van der Waals surface area contributed by atoms with Gasteiger partial charge in [0.25, 0.3) is 0 Å². The van der Waals surface area contributed by atoms with Crippen LogP contribution in [-0.4, -0.2) is 5.11 Å². The van der Waals surface area contributed by atoms with Crippen LogP contribution < -0.4 is 10.6 Å². The van der Waals surface area contributed by atoms with E-state index < -0.39 is 0 Å². The molecular formula is C16H15Cl3N2S. The first-order chi connectivity index (χ1) is 10.5. The van der Waals surface area contributed by atoms with Gasteiger partial charge in [-0.1, -0.05) is 53.0 Å². The maximum Gasteiger partial charge on any atom is 0.166 e. The van der Waals surface area contributed by atoms with Crippen LogP contribution in [0, 0.1) is 6.92 Å². The Morgan fingerprint density at radius 3 is 2.36 bits per heavy atom. The van der Waals surface area contributed by atoms with Gasteiger partial charge in [0.1, 0.15) is 0 Å². The van der Waals surface area contributed by atoms with Crippen molar-refractivity contribution in [2.45, 2.75) is 20.0 Å². The molecule has 0 saturated carbocycles. The van der Waals surface area contributed by atoms with Crippen LogP contribution in [0.4, 0.5) is 0 Å². The lowest BCUT2D eigenvalue weighted by Gasteiger charge is -2.12. The molecule has 0 radical (unpaired) electrons. The second kappa shape index (κ2) is 8.02. The molecule has 0 spiro atoms. The molecule has 22 heavy (non-hydrogen) atoms. The maximum absolute atomic E-state index is 6.12. The van der Waals surface area contributed by atoms with Crippen molar-refractivity contribution in [3.8, 4) is 0 Å². The van der Waals surface area contributed by atoms with Crippen LogP contribution in [0.5, 0.6) is 0 Å². The van der Waals surface area contributed by atoms with Gasteiger partial charge in [-0.15, -0.1) is 0 Å². The highest BCUT2D eigenvalue weighted by Crippen LogP contribution is 2.20. The molecule has 0 saturated heterocycles. The molecule has 0 amide bonds. The molecule has 2 rings (SSSR count). The van der Waals surface area contributed by atoms with Crippen LogP contribution in [0.25, 0.3) is 0 Å². The van der Waals surface area contributed by atoms with Gasteiger partial charge in [-0.3, -0.25) is 0 Å². The SMILES string of the molecule is Cc1ccc(CNC(=S)NCc2ccc(Cl)cc2Cl)cc1Cl. The van der Waals surface area contributed by atoms with Gasteiger partial charge in [0.05, 0.1) is 0 Å². The second-order valence-corrected chi connectivity index (χ2v) is 6.51. The summed E-state index contributed by atoms with van der Waals surface area (Å²) in [7, 11) is 0. The lowest BCUT2D eigenvalue weighted by molar-refractivity contribution is 0.833. The number of rotatable bonds is 4. The fourth-order valence-electron chi connectivity index (χ4n) is 1.83. The number of halogens is 3. The van der Waals surface area contributed by atoms with Gasteiger partial charge in [0.15, 0.2) is 5.11 Å². The third-order valence-electron chi connectivity index (χ3n) is 3.14. The largest absolute Gasteiger partial charge is 0.359 e. The van der Waals surface area contributed by atoms with Crippen molar-refractivity contribution in [3.63, 3.8) is 0 Å². The molecule has 0 aliphatic heterocycles. The van der Waals surface area contributed by atoms with Crippen molar-refractivity contribution in [3.05, 3.63) is 68.2 Å². The average Bonchev–Trinajstić information content (AvgIpc) is 2.47. The van der Waals surface area contributed by atoms with E-state index in [0.29, 0.717) is 28.2 Å². The Morgan fingerprint density at radius 1 is 0.955 bits per heavy atom. The highest BCUT2D eigenvalue weighted by atomic mass is 35.5. The van der Waals surface area contributed by atoms with Gasteiger partial charge in [0.2, 0.25) is 0 Å². The van der Waals surface area contributed by atoms with E-state index in [-0.39, 0.29) is 0 Å². The van der Waals surface area contributed by atoms with E-state index in [2.05, 4.69) is 10.6 Å². The molecule has 2 aromatic carbocycles. The Balaban J connectivity index is 1.84. The summed E-state index contributed by atoms with van der Waals surface area (Å²) in [5.41, 5.74) is 3.07. The van der Waals surface area contributed by atoms with E-state index in [0.717, 1.165) is 21.7 Å². The minimum atomic E-state index is 0.538. The highest BCUT2D eigenvalue weighted by Gasteiger charge is 2.03. The van der Waals surface area contributed by atoms with Gasteiger partial charge in [-0.25, -0.2) is 0 Å². The summed E-state index contributed by atoms with van der Waals surface area (Å²) in [5.74, 6) is 0. The molecule has 2 N–H and O–H groups in total. The highest BCUT2D eigenvalue weighted by molar-refractivity contribution is 7.80. The first-order valence-electron chi connectivity index (χ1n) is 6.66. The lowest BCUT2D eigenvalue weighted by atomic mass is 10.1. The quantitative estimate of drug-likeness (QED) is 0.727. The molecule has 0 fully saturated rings. The molecule has 0 aliphatic carbocycles. The van der Waals surface area contributed by atoms with Crippen molar-refractivity contribution in [1.29, 1.82) is 0 Å². The summed E-state index contributed by atoms with van der Waals surface area (Å²) < 4.78 is 0. The normalized spacial score (nSPS) is 10.4. The van der Waals surface area contributed by atoms with Crippen LogP contribution in [0.15, 0.2) is 36.4 Å². The number of nitrogens with one attached hydrogen (secondary N) is 2. The Hall–Kier alpha value is -1.000. The summed E-state index contributed by atoms with van der Waals surface area (Å²) in [6.07, 6.45) is 0. The van der Waals surface area contributed by atoms with Crippen molar-refractivity contribution in [2.24, 2.45) is 0 Å². The van der Waals surface area contributed by atoms with E-state index in [1.807, 2.05) is 31.2 Å². The van der Waals surface area contributed by atoms with E-state index in [4.69, 9.17) is 47.0 Å². The van der Waals surface area contributed by atoms with Crippen LogP contribution >= 0.6 is 47.0 Å². The van der Waals surface area contributed by atoms with E-state index in [9.17, 15) is 0 Å². The summed E-state index contributed by atoms with van der Waals surface area (Å²) in [4.78, 5) is 0. The summed E-state index contributed by atoms with van der Waals surface area (Å²) in [6, 6.07) is 11.3. The van der Waals surface area contributed by atoms with Gasteiger partial charge < -0.3 is 10.6 Å². The Morgan fingerprint density at radius 2 is 1.68 bits per heavy atom. The van der Waals surface area contributed by atoms with Gasteiger partial charge in [-0.2, -0.15) is 0 Å². The van der Waals surface area contributed by atoms with Gasteiger partial charge in [0, 0.05) is 28.2 Å². The molecule has 116 valence electrons. The van der Waals surface area contributed by atoms with Crippen molar-refractivity contribution < 1.29 is 0 Å². The van der Waals surface area contributed by atoms with E-state index >= 15 is 0 Å². The molecule has 0 unspecified atom stereocenters. The predicted molar refractivity (Wildman–Crippen MR) is 98.9 cm³/mol. The Labute approximate surface area is 150 Å². The molecular weight excluding hydrogens is 359 g/mol. The van der Waals surface area contributed by atoms with Crippen molar-refractivity contribution in [1.82, 2.24) is 10.6 Å². The molecule has 0 bridgehead atoms. The summed E-state index contributed by atoms with van der Waals surface area (Å²) in [5, 5.41) is 8.80. The minimum absolute atomic E-state index is 0.538. The zero-order valence-corrected chi connectivity index (χ0v) is 15.0. The van der Waals surface area contributed by atoms with Crippen LogP contribution in [0.2, 0.25) is 15.1 Å². The van der Waals surface area contributed by atoms with E-state index in [1.165, 1.54) is 0 Å². The molecule has 6 heteroatoms. The monoisotopic (exact) mass is 372 g/mol. The zero-order valence-electron chi connectivity index (χ0n) is 11.9. The lowest BCUT2D eigenvalue weighted by Crippen LogP contribution is -2.34. The second-order valence-electron chi connectivity index (χ2n) is 4.86. The number of thiocarbonyl (C=S) groups is 1. The standard InChI is InChI=1S/C16H15Cl3N2S/c1-10-2-3-11(6-14(10)18)8-20-16(22)21-9-12-4-5-13(17)7-15(12)19/h2-7H,8-9H2,1H3,(H2,20,21,22). The number of benzene rings is 2. The molecule has 2 nitrogen and oxygen atoms in total. The average molecular weight is 374 g/mol.